The zero-order valence-corrected chi connectivity index (χ0v) is 17.0. The number of H-pyrrole nitrogens is 1. The molecular weight excluding hydrogens is 416 g/mol. The zero-order valence-electron chi connectivity index (χ0n) is 15.4. The molecule has 5 rings (SSSR count). The summed E-state index contributed by atoms with van der Waals surface area (Å²) in [5, 5.41) is 3.26. The number of anilines is 1. The van der Waals surface area contributed by atoms with Crippen molar-refractivity contribution < 1.29 is 4.74 Å². The Kier molecular flexibility index (Phi) is 3.77. The molecule has 138 valence electrons. The summed E-state index contributed by atoms with van der Waals surface area (Å²) in [6.07, 6.45) is 0. The van der Waals surface area contributed by atoms with Crippen LogP contribution in [0.3, 0.4) is 0 Å². The van der Waals surface area contributed by atoms with Gasteiger partial charge in [-0.15, -0.1) is 0 Å². The van der Waals surface area contributed by atoms with Gasteiger partial charge >= 0.3 is 0 Å². The van der Waals surface area contributed by atoms with E-state index >= 15 is 0 Å². The van der Waals surface area contributed by atoms with Crippen molar-refractivity contribution in [1.82, 2.24) is 15.0 Å². The number of benzene rings is 3. The van der Waals surface area contributed by atoms with Crippen LogP contribution in [0.15, 0.2) is 53.0 Å². The number of aryl methyl sites for hydroxylation is 1. The number of nitrogens with two attached hydrogens (primary N) is 1. The molecule has 6 heteroatoms. The molecule has 0 saturated carbocycles. The molecule has 5 nitrogen and oxygen atoms in total. The fourth-order valence-corrected chi connectivity index (χ4v) is 4.26. The second kappa shape index (κ2) is 6.21. The van der Waals surface area contributed by atoms with E-state index in [0.29, 0.717) is 0 Å². The maximum absolute atomic E-state index is 6.09. The predicted molar refractivity (Wildman–Crippen MR) is 118 cm³/mol. The van der Waals surface area contributed by atoms with E-state index in [2.05, 4.69) is 68.1 Å². The third-order valence-corrected chi connectivity index (χ3v) is 5.66. The smallest absolute Gasteiger partial charge is 0.221 e. The van der Waals surface area contributed by atoms with Crippen molar-refractivity contribution in [3.8, 4) is 17.0 Å². The van der Waals surface area contributed by atoms with Crippen molar-refractivity contribution in [3.63, 3.8) is 0 Å². The van der Waals surface area contributed by atoms with E-state index in [1.54, 1.807) is 7.11 Å². The SMILES string of the molecule is COc1ccc(-c2nc(N)nc3c2ccc2c4cc(C)ccc4[nH]c23)cc1Br. The first-order valence-electron chi connectivity index (χ1n) is 8.87. The van der Waals surface area contributed by atoms with E-state index in [0.717, 1.165) is 48.8 Å². The molecule has 28 heavy (non-hydrogen) atoms. The quantitative estimate of drug-likeness (QED) is 0.380. The van der Waals surface area contributed by atoms with Gasteiger partial charge in [-0.2, -0.15) is 0 Å². The number of fused-ring (bicyclic) bond motifs is 5. The van der Waals surface area contributed by atoms with Crippen LogP contribution < -0.4 is 10.5 Å². The first kappa shape index (κ1) is 17.0. The Bertz CT molecular complexity index is 1390. The molecule has 5 aromatic rings. The summed E-state index contributed by atoms with van der Waals surface area (Å²) >= 11 is 3.55. The highest BCUT2D eigenvalue weighted by Crippen LogP contribution is 2.37. The van der Waals surface area contributed by atoms with Crippen molar-refractivity contribution >= 4 is 54.6 Å². The molecule has 0 bridgehead atoms. The van der Waals surface area contributed by atoms with Crippen LogP contribution >= 0.6 is 15.9 Å². The molecule has 2 aromatic heterocycles. The lowest BCUT2D eigenvalue weighted by Gasteiger charge is -2.10. The first-order valence-corrected chi connectivity index (χ1v) is 9.66. The van der Waals surface area contributed by atoms with Crippen LogP contribution in [0, 0.1) is 6.92 Å². The van der Waals surface area contributed by atoms with Crippen molar-refractivity contribution in [2.24, 2.45) is 0 Å². The second-order valence-electron chi connectivity index (χ2n) is 6.84. The minimum absolute atomic E-state index is 0.247. The van der Waals surface area contributed by atoms with Crippen molar-refractivity contribution in [2.45, 2.75) is 6.92 Å². The number of aromatic nitrogens is 3. The van der Waals surface area contributed by atoms with E-state index in [1.807, 2.05) is 18.2 Å². The highest BCUT2D eigenvalue weighted by atomic mass is 79.9. The molecule has 0 aliphatic carbocycles. The van der Waals surface area contributed by atoms with Gasteiger partial charge in [0.2, 0.25) is 5.95 Å². The van der Waals surface area contributed by atoms with Crippen molar-refractivity contribution in [1.29, 1.82) is 0 Å². The van der Waals surface area contributed by atoms with Gasteiger partial charge in [0.1, 0.15) is 11.3 Å². The third-order valence-electron chi connectivity index (χ3n) is 5.04. The highest BCUT2D eigenvalue weighted by molar-refractivity contribution is 9.10. The molecule has 0 aliphatic heterocycles. The number of nitrogens with one attached hydrogen (secondary N) is 1. The summed E-state index contributed by atoms with van der Waals surface area (Å²) < 4.78 is 6.20. The Morgan fingerprint density at radius 3 is 2.57 bits per heavy atom. The van der Waals surface area contributed by atoms with Crippen LogP contribution in [0.1, 0.15) is 5.56 Å². The van der Waals surface area contributed by atoms with Gasteiger partial charge in [-0.1, -0.05) is 17.7 Å². The molecule has 0 saturated heterocycles. The average molecular weight is 433 g/mol. The minimum atomic E-state index is 0.247. The van der Waals surface area contributed by atoms with E-state index in [1.165, 1.54) is 10.9 Å². The van der Waals surface area contributed by atoms with Gasteiger partial charge in [0.25, 0.3) is 0 Å². The van der Waals surface area contributed by atoms with Gasteiger partial charge in [-0.25, -0.2) is 9.97 Å². The fraction of sp³-hybridized carbons (Fsp3) is 0.0909. The summed E-state index contributed by atoms with van der Waals surface area (Å²) in [7, 11) is 1.65. The number of nitrogens with zero attached hydrogens (tertiary/aromatic N) is 2. The Hall–Kier alpha value is -3.12. The van der Waals surface area contributed by atoms with E-state index < -0.39 is 0 Å². The van der Waals surface area contributed by atoms with Crippen LogP contribution in [0.5, 0.6) is 5.75 Å². The number of rotatable bonds is 2. The molecule has 3 aromatic carbocycles. The van der Waals surface area contributed by atoms with Gasteiger partial charge in [-0.05, 0) is 59.3 Å². The molecule has 0 fully saturated rings. The number of halogens is 1. The lowest BCUT2D eigenvalue weighted by molar-refractivity contribution is 0.412. The van der Waals surface area contributed by atoms with Crippen LogP contribution in [-0.2, 0) is 0 Å². The van der Waals surface area contributed by atoms with Crippen LogP contribution in [0.25, 0.3) is 44.0 Å². The van der Waals surface area contributed by atoms with Crippen molar-refractivity contribution in [3.05, 3.63) is 58.6 Å². The van der Waals surface area contributed by atoms with Crippen molar-refractivity contribution in [2.75, 3.05) is 12.8 Å². The van der Waals surface area contributed by atoms with Gasteiger partial charge in [0.15, 0.2) is 0 Å². The number of nitrogen functional groups attached to an aromatic ring is 1. The predicted octanol–water partition coefficient (Wildman–Crippen LogP) is 5.59. The van der Waals surface area contributed by atoms with E-state index in [4.69, 9.17) is 10.5 Å². The highest BCUT2D eigenvalue weighted by Gasteiger charge is 2.15. The zero-order chi connectivity index (χ0) is 19.4. The maximum Gasteiger partial charge on any atom is 0.221 e. The minimum Gasteiger partial charge on any atom is -0.496 e. The number of ether oxygens (including phenoxy) is 1. The summed E-state index contributed by atoms with van der Waals surface area (Å²) in [4.78, 5) is 12.6. The molecular formula is C22H17BrN4O. The molecule has 3 N–H and O–H groups in total. The second-order valence-corrected chi connectivity index (χ2v) is 7.69. The van der Waals surface area contributed by atoms with Gasteiger partial charge in [0, 0.05) is 27.2 Å². The fourth-order valence-electron chi connectivity index (χ4n) is 3.72. The Morgan fingerprint density at radius 1 is 0.964 bits per heavy atom. The standard InChI is InChI=1S/C22H17BrN4O/c1-11-3-7-17-15(9-11)13-5-6-14-19(12-4-8-18(28-2)16(23)10-12)26-22(24)27-21(14)20(13)25-17/h3-10,25H,1-2H3,(H2,24,26,27). The normalized spacial score (nSPS) is 11.5. The average Bonchev–Trinajstić information content (AvgIpc) is 3.05. The Morgan fingerprint density at radius 2 is 1.79 bits per heavy atom. The Balaban J connectivity index is 1.85. The lowest BCUT2D eigenvalue weighted by atomic mass is 10.0. The van der Waals surface area contributed by atoms with Crippen LogP contribution in [0.2, 0.25) is 0 Å². The van der Waals surface area contributed by atoms with Crippen LogP contribution in [0.4, 0.5) is 5.95 Å². The largest absolute Gasteiger partial charge is 0.496 e. The maximum atomic E-state index is 6.09. The molecule has 0 spiro atoms. The van der Waals surface area contributed by atoms with E-state index in [-0.39, 0.29) is 5.95 Å². The monoisotopic (exact) mass is 432 g/mol. The van der Waals surface area contributed by atoms with Gasteiger partial charge < -0.3 is 15.5 Å². The summed E-state index contributed by atoms with van der Waals surface area (Å²) in [6.45, 7) is 2.10. The van der Waals surface area contributed by atoms with Gasteiger partial charge in [0.05, 0.1) is 22.8 Å². The Labute approximate surface area is 169 Å². The molecule has 0 radical (unpaired) electrons. The summed E-state index contributed by atoms with van der Waals surface area (Å²) in [5.74, 6) is 1.01. The molecule has 0 amide bonds. The first-order chi connectivity index (χ1) is 13.5. The summed E-state index contributed by atoms with van der Waals surface area (Å²) in [5.41, 5.74) is 11.9. The van der Waals surface area contributed by atoms with Gasteiger partial charge in [-0.3, -0.25) is 0 Å². The molecule has 0 aliphatic rings. The number of aromatic amines is 1. The molecule has 0 unspecified atom stereocenters. The number of hydrogen-bond acceptors (Lipinski definition) is 4. The van der Waals surface area contributed by atoms with Crippen LogP contribution in [-0.4, -0.2) is 22.1 Å². The third kappa shape index (κ3) is 2.52. The summed E-state index contributed by atoms with van der Waals surface area (Å²) in [6, 6.07) is 16.5. The number of hydrogen-bond donors (Lipinski definition) is 2. The molecule has 2 heterocycles. The lowest BCUT2D eigenvalue weighted by Crippen LogP contribution is -1.99. The number of methoxy groups -OCH3 is 1. The molecule has 0 atom stereocenters. The topological polar surface area (TPSA) is 76.8 Å². The van der Waals surface area contributed by atoms with E-state index in [9.17, 15) is 0 Å².